The highest BCUT2D eigenvalue weighted by Crippen LogP contribution is 2.21. The summed E-state index contributed by atoms with van der Waals surface area (Å²) in [5.41, 5.74) is 1.34. The molecule has 3 rings (SSSR count). The zero-order valence-electron chi connectivity index (χ0n) is 14.3. The van der Waals surface area contributed by atoms with E-state index in [0.717, 1.165) is 5.56 Å². The lowest BCUT2D eigenvalue weighted by Gasteiger charge is -2.09. The van der Waals surface area contributed by atoms with E-state index in [1.165, 1.54) is 22.2 Å². The number of aromatic nitrogens is 2. The van der Waals surface area contributed by atoms with Crippen LogP contribution in [0.3, 0.4) is 0 Å². The third kappa shape index (κ3) is 3.50. The summed E-state index contributed by atoms with van der Waals surface area (Å²) in [6.45, 7) is 3.59. The zero-order chi connectivity index (χ0) is 18.7. The maximum absolute atomic E-state index is 12.7. The number of amides is 1. The number of rotatable bonds is 5. The van der Waals surface area contributed by atoms with Crippen LogP contribution in [-0.4, -0.2) is 28.0 Å². The van der Waals surface area contributed by atoms with Crippen molar-refractivity contribution in [1.29, 1.82) is 0 Å². The molecule has 2 heterocycles. The number of thiophene rings is 1. The number of benzene rings is 1. The van der Waals surface area contributed by atoms with Gasteiger partial charge in [-0.3, -0.25) is 14.2 Å². The predicted octanol–water partition coefficient (Wildman–Crippen LogP) is 2.58. The lowest BCUT2D eigenvalue weighted by molar-refractivity contribution is -0.116. The Labute approximate surface area is 153 Å². The van der Waals surface area contributed by atoms with Gasteiger partial charge in [-0.15, -0.1) is 11.3 Å². The first-order valence-corrected chi connectivity index (χ1v) is 8.88. The summed E-state index contributed by atoms with van der Waals surface area (Å²) in [7, 11) is 0. The summed E-state index contributed by atoms with van der Waals surface area (Å²) in [4.78, 5) is 41.6. The molecule has 8 heteroatoms. The zero-order valence-corrected chi connectivity index (χ0v) is 15.1. The highest BCUT2D eigenvalue weighted by atomic mass is 32.1. The highest BCUT2D eigenvalue weighted by Gasteiger charge is 2.19. The second kappa shape index (κ2) is 7.49. The van der Waals surface area contributed by atoms with Crippen LogP contribution in [0.25, 0.3) is 10.2 Å². The molecular weight excluding hydrogens is 354 g/mol. The summed E-state index contributed by atoms with van der Waals surface area (Å²) >= 11 is 1.19. The van der Waals surface area contributed by atoms with Gasteiger partial charge >= 0.3 is 5.97 Å². The fourth-order valence-corrected chi connectivity index (χ4v) is 3.36. The van der Waals surface area contributed by atoms with Crippen molar-refractivity contribution < 1.29 is 14.3 Å². The number of carbonyl (C=O) groups excluding carboxylic acids is 2. The molecule has 0 bridgehead atoms. The third-order valence-corrected chi connectivity index (χ3v) is 4.68. The molecule has 0 aliphatic rings. The van der Waals surface area contributed by atoms with Crippen molar-refractivity contribution in [2.24, 2.45) is 0 Å². The van der Waals surface area contributed by atoms with Crippen molar-refractivity contribution in [1.82, 2.24) is 9.55 Å². The van der Waals surface area contributed by atoms with Crippen LogP contribution in [0.2, 0.25) is 0 Å². The van der Waals surface area contributed by atoms with E-state index in [2.05, 4.69) is 10.3 Å². The van der Waals surface area contributed by atoms with E-state index in [9.17, 15) is 14.4 Å². The van der Waals surface area contributed by atoms with Gasteiger partial charge in [0.15, 0.2) is 0 Å². The van der Waals surface area contributed by atoms with E-state index in [0.29, 0.717) is 10.5 Å². The van der Waals surface area contributed by atoms with E-state index in [-0.39, 0.29) is 30.0 Å². The van der Waals surface area contributed by atoms with Crippen LogP contribution in [0.15, 0.2) is 40.8 Å². The van der Waals surface area contributed by atoms with Crippen molar-refractivity contribution in [3.63, 3.8) is 0 Å². The van der Waals surface area contributed by atoms with Gasteiger partial charge in [-0.05, 0) is 25.5 Å². The summed E-state index contributed by atoms with van der Waals surface area (Å²) in [6.07, 6.45) is 1.31. The molecule has 134 valence electrons. The number of esters is 1. The average Bonchev–Trinajstić information content (AvgIpc) is 3.05. The number of fused-ring (bicyclic) bond motifs is 1. The molecule has 0 saturated carbocycles. The van der Waals surface area contributed by atoms with Crippen molar-refractivity contribution in [2.45, 2.75) is 20.4 Å². The van der Waals surface area contributed by atoms with Crippen LogP contribution in [0.5, 0.6) is 0 Å². The lowest BCUT2D eigenvalue weighted by Crippen LogP contribution is -2.28. The average molecular weight is 371 g/mol. The van der Waals surface area contributed by atoms with Gasteiger partial charge in [0.1, 0.15) is 11.4 Å². The van der Waals surface area contributed by atoms with Crippen molar-refractivity contribution in [2.75, 3.05) is 11.9 Å². The normalized spacial score (nSPS) is 10.7. The first-order valence-electron chi connectivity index (χ1n) is 8.00. The van der Waals surface area contributed by atoms with Gasteiger partial charge in [-0.25, -0.2) is 9.78 Å². The second-order valence-corrected chi connectivity index (χ2v) is 6.45. The summed E-state index contributed by atoms with van der Waals surface area (Å²) in [5.74, 6) is -0.921. The quantitative estimate of drug-likeness (QED) is 0.696. The molecule has 1 amide bonds. The molecule has 0 aliphatic carbocycles. The minimum Gasteiger partial charge on any atom is -0.462 e. The Balaban J connectivity index is 1.89. The predicted molar refractivity (Wildman–Crippen MR) is 99.6 cm³/mol. The molecule has 7 nitrogen and oxygen atoms in total. The van der Waals surface area contributed by atoms with Crippen LogP contribution >= 0.6 is 11.3 Å². The first kappa shape index (κ1) is 17.8. The van der Waals surface area contributed by atoms with Gasteiger partial charge in [-0.1, -0.05) is 18.2 Å². The van der Waals surface area contributed by atoms with Gasteiger partial charge in [0, 0.05) is 11.1 Å². The number of ether oxygens (including phenoxy) is 1. The van der Waals surface area contributed by atoms with E-state index in [4.69, 9.17) is 4.74 Å². The Kier molecular flexibility index (Phi) is 5.13. The Morgan fingerprint density at radius 1 is 1.31 bits per heavy atom. The number of hydrogen-bond donors (Lipinski definition) is 1. The topological polar surface area (TPSA) is 90.3 Å². The summed E-state index contributed by atoms with van der Waals surface area (Å²) in [5, 5.41) is 4.50. The van der Waals surface area contributed by atoms with Gasteiger partial charge < -0.3 is 10.1 Å². The minimum absolute atomic E-state index is 0.179. The molecule has 2 aromatic heterocycles. The molecule has 1 aromatic carbocycles. The second-order valence-electron chi connectivity index (χ2n) is 5.59. The Bertz CT molecular complexity index is 1040. The number of aryl methyl sites for hydroxylation is 1. The van der Waals surface area contributed by atoms with E-state index < -0.39 is 11.5 Å². The monoisotopic (exact) mass is 371 g/mol. The SMILES string of the molecule is CCOC(=O)c1csc2ncn(CC(=O)Nc3ccccc3C)c(=O)c12. The molecule has 0 spiro atoms. The van der Waals surface area contributed by atoms with E-state index in [1.54, 1.807) is 18.4 Å². The van der Waals surface area contributed by atoms with Crippen molar-refractivity contribution in [3.8, 4) is 0 Å². The maximum Gasteiger partial charge on any atom is 0.339 e. The number of carbonyl (C=O) groups is 2. The molecule has 26 heavy (non-hydrogen) atoms. The van der Waals surface area contributed by atoms with E-state index in [1.807, 2.05) is 25.1 Å². The van der Waals surface area contributed by atoms with Crippen molar-refractivity contribution in [3.05, 3.63) is 57.5 Å². The first-order chi connectivity index (χ1) is 12.5. The summed E-state index contributed by atoms with van der Waals surface area (Å²) in [6, 6.07) is 7.36. The standard InChI is InChI=1S/C18H17N3O4S/c1-3-25-18(24)12-9-26-16-15(12)17(23)21(10-19-16)8-14(22)20-13-7-5-4-6-11(13)2/h4-7,9-10H,3,8H2,1-2H3,(H,20,22). The molecule has 0 atom stereocenters. The largest absolute Gasteiger partial charge is 0.462 e. The Morgan fingerprint density at radius 2 is 2.08 bits per heavy atom. The van der Waals surface area contributed by atoms with Crippen LogP contribution in [-0.2, 0) is 16.1 Å². The fourth-order valence-electron chi connectivity index (χ4n) is 2.50. The Hall–Kier alpha value is -3.00. The number of nitrogens with zero attached hydrogens (tertiary/aromatic N) is 2. The molecule has 1 N–H and O–H groups in total. The molecule has 0 fully saturated rings. The van der Waals surface area contributed by atoms with Crippen LogP contribution < -0.4 is 10.9 Å². The molecule has 0 radical (unpaired) electrons. The fraction of sp³-hybridized carbons (Fsp3) is 0.222. The smallest absolute Gasteiger partial charge is 0.339 e. The number of hydrogen-bond acceptors (Lipinski definition) is 6. The minimum atomic E-state index is -0.570. The third-order valence-electron chi connectivity index (χ3n) is 3.79. The summed E-state index contributed by atoms with van der Waals surface area (Å²) < 4.78 is 6.16. The molecule has 0 saturated heterocycles. The van der Waals surface area contributed by atoms with Crippen LogP contribution in [0.4, 0.5) is 5.69 Å². The van der Waals surface area contributed by atoms with Gasteiger partial charge in [0.25, 0.3) is 5.56 Å². The van der Waals surface area contributed by atoms with Gasteiger partial charge in [-0.2, -0.15) is 0 Å². The lowest BCUT2D eigenvalue weighted by atomic mass is 10.2. The number of anilines is 1. The van der Waals surface area contributed by atoms with Crippen LogP contribution in [0.1, 0.15) is 22.8 Å². The number of para-hydroxylation sites is 1. The molecule has 0 unspecified atom stereocenters. The van der Waals surface area contributed by atoms with Gasteiger partial charge in [0.05, 0.1) is 23.9 Å². The molecular formula is C18H17N3O4S. The number of nitrogens with one attached hydrogen (secondary N) is 1. The van der Waals surface area contributed by atoms with Crippen LogP contribution in [0, 0.1) is 6.92 Å². The Morgan fingerprint density at radius 3 is 2.81 bits per heavy atom. The maximum atomic E-state index is 12.7. The van der Waals surface area contributed by atoms with Crippen molar-refractivity contribution >= 4 is 39.1 Å². The molecule has 0 aliphatic heterocycles. The molecule has 3 aromatic rings. The highest BCUT2D eigenvalue weighted by molar-refractivity contribution is 7.17. The van der Waals surface area contributed by atoms with Gasteiger partial charge in [0.2, 0.25) is 5.91 Å². The van der Waals surface area contributed by atoms with E-state index >= 15 is 0 Å².